The van der Waals surface area contributed by atoms with E-state index in [2.05, 4.69) is 10.3 Å². The van der Waals surface area contributed by atoms with E-state index in [0.29, 0.717) is 29.4 Å². The molecule has 5 heteroatoms. The highest BCUT2D eigenvalue weighted by Gasteiger charge is 2.11. The number of hydrogen-bond donors (Lipinski definition) is 1. The van der Waals surface area contributed by atoms with Crippen LogP contribution in [-0.2, 0) is 6.61 Å². The van der Waals surface area contributed by atoms with E-state index in [0.717, 1.165) is 16.7 Å². The van der Waals surface area contributed by atoms with E-state index in [-0.39, 0.29) is 5.91 Å². The Balaban J connectivity index is 1.75. The third-order valence-electron chi connectivity index (χ3n) is 4.33. The third kappa shape index (κ3) is 4.64. The van der Waals surface area contributed by atoms with Gasteiger partial charge in [-0.15, -0.1) is 0 Å². The Kier molecular flexibility index (Phi) is 5.71. The van der Waals surface area contributed by atoms with Crippen LogP contribution >= 0.6 is 0 Å². The molecular formula is C22H22N2O3. The molecule has 0 aliphatic heterocycles. The van der Waals surface area contributed by atoms with Crippen molar-refractivity contribution in [1.82, 2.24) is 4.98 Å². The number of amides is 1. The summed E-state index contributed by atoms with van der Waals surface area (Å²) < 4.78 is 11.2. The summed E-state index contributed by atoms with van der Waals surface area (Å²) >= 11 is 0. The maximum atomic E-state index is 12.5. The van der Waals surface area contributed by atoms with E-state index in [4.69, 9.17) is 9.47 Å². The average Bonchev–Trinajstić information content (AvgIpc) is 2.69. The second kappa shape index (κ2) is 8.36. The molecule has 27 heavy (non-hydrogen) atoms. The molecule has 0 atom stereocenters. The van der Waals surface area contributed by atoms with Crippen LogP contribution in [0.3, 0.4) is 0 Å². The van der Waals surface area contributed by atoms with Crippen LogP contribution in [0.2, 0.25) is 0 Å². The van der Waals surface area contributed by atoms with Crippen molar-refractivity contribution in [2.75, 3.05) is 12.4 Å². The standard InChI is InChI=1S/C22H22N2O3/c1-15-4-5-18(12-16(15)2)22(25)24-19-6-7-20(26-3)21(13-19)27-14-17-8-10-23-11-9-17/h4-13H,14H2,1-3H3,(H,24,25). The van der Waals surface area contributed by atoms with Gasteiger partial charge in [-0.25, -0.2) is 0 Å². The minimum absolute atomic E-state index is 0.164. The third-order valence-corrected chi connectivity index (χ3v) is 4.33. The molecule has 0 spiro atoms. The van der Waals surface area contributed by atoms with Crippen LogP contribution in [0.15, 0.2) is 60.9 Å². The normalized spacial score (nSPS) is 10.3. The predicted molar refractivity (Wildman–Crippen MR) is 105 cm³/mol. The zero-order valence-corrected chi connectivity index (χ0v) is 15.7. The molecule has 3 aromatic rings. The molecule has 0 bridgehead atoms. The molecule has 3 rings (SSSR count). The smallest absolute Gasteiger partial charge is 0.255 e. The molecule has 0 radical (unpaired) electrons. The number of aromatic nitrogens is 1. The molecule has 1 aromatic heterocycles. The van der Waals surface area contributed by atoms with Crippen molar-refractivity contribution in [3.05, 3.63) is 83.2 Å². The van der Waals surface area contributed by atoms with E-state index in [1.54, 1.807) is 37.7 Å². The highest BCUT2D eigenvalue weighted by atomic mass is 16.5. The number of rotatable bonds is 6. The van der Waals surface area contributed by atoms with Gasteiger partial charge >= 0.3 is 0 Å². The van der Waals surface area contributed by atoms with Crippen molar-refractivity contribution in [1.29, 1.82) is 0 Å². The van der Waals surface area contributed by atoms with E-state index >= 15 is 0 Å². The van der Waals surface area contributed by atoms with Gasteiger partial charge in [-0.1, -0.05) is 6.07 Å². The van der Waals surface area contributed by atoms with Crippen LogP contribution in [0.5, 0.6) is 11.5 Å². The molecule has 138 valence electrons. The number of carbonyl (C=O) groups is 1. The minimum atomic E-state index is -0.164. The molecule has 1 heterocycles. The van der Waals surface area contributed by atoms with Crippen LogP contribution in [0, 0.1) is 13.8 Å². The minimum Gasteiger partial charge on any atom is -0.493 e. The molecule has 5 nitrogen and oxygen atoms in total. The first-order valence-electron chi connectivity index (χ1n) is 8.65. The number of nitrogens with zero attached hydrogens (tertiary/aromatic N) is 1. The second-order valence-corrected chi connectivity index (χ2v) is 6.26. The van der Waals surface area contributed by atoms with Gasteiger partial charge < -0.3 is 14.8 Å². The molecule has 1 amide bonds. The summed E-state index contributed by atoms with van der Waals surface area (Å²) in [4.78, 5) is 16.5. The van der Waals surface area contributed by atoms with E-state index in [1.807, 2.05) is 44.2 Å². The van der Waals surface area contributed by atoms with Gasteiger partial charge in [0.05, 0.1) is 7.11 Å². The van der Waals surface area contributed by atoms with Crippen molar-refractivity contribution in [2.24, 2.45) is 0 Å². The molecule has 0 saturated heterocycles. The summed E-state index contributed by atoms with van der Waals surface area (Å²) in [6, 6.07) is 14.8. The Morgan fingerprint density at radius 2 is 1.74 bits per heavy atom. The summed E-state index contributed by atoms with van der Waals surface area (Å²) in [5.74, 6) is 1.00. The fourth-order valence-electron chi connectivity index (χ4n) is 2.59. The first kappa shape index (κ1) is 18.5. The lowest BCUT2D eigenvalue weighted by Crippen LogP contribution is -2.12. The van der Waals surface area contributed by atoms with Gasteiger partial charge in [-0.2, -0.15) is 0 Å². The summed E-state index contributed by atoms with van der Waals surface area (Å²) in [5, 5.41) is 2.91. The number of hydrogen-bond acceptors (Lipinski definition) is 4. The van der Waals surface area contributed by atoms with Gasteiger partial charge in [0.15, 0.2) is 11.5 Å². The molecule has 0 aliphatic rings. The van der Waals surface area contributed by atoms with Gasteiger partial charge in [0, 0.05) is 29.7 Å². The maximum absolute atomic E-state index is 12.5. The molecule has 0 aliphatic carbocycles. The topological polar surface area (TPSA) is 60.5 Å². The number of methoxy groups -OCH3 is 1. The Morgan fingerprint density at radius 3 is 2.44 bits per heavy atom. The van der Waals surface area contributed by atoms with Gasteiger partial charge in [0.25, 0.3) is 5.91 Å². The number of pyridine rings is 1. The van der Waals surface area contributed by atoms with Gasteiger partial charge in [0.1, 0.15) is 6.61 Å². The fraction of sp³-hybridized carbons (Fsp3) is 0.182. The van der Waals surface area contributed by atoms with Gasteiger partial charge in [-0.05, 0) is 66.9 Å². The van der Waals surface area contributed by atoms with E-state index < -0.39 is 0 Å². The predicted octanol–water partition coefficient (Wildman–Crippen LogP) is 4.54. The quantitative estimate of drug-likeness (QED) is 0.699. The monoisotopic (exact) mass is 362 g/mol. The number of ether oxygens (including phenoxy) is 2. The van der Waals surface area contributed by atoms with Crippen LogP contribution in [0.4, 0.5) is 5.69 Å². The lowest BCUT2D eigenvalue weighted by atomic mass is 10.1. The van der Waals surface area contributed by atoms with Crippen molar-refractivity contribution < 1.29 is 14.3 Å². The van der Waals surface area contributed by atoms with Gasteiger partial charge in [-0.3, -0.25) is 9.78 Å². The molecule has 0 fully saturated rings. The number of benzene rings is 2. The van der Waals surface area contributed by atoms with Crippen molar-refractivity contribution in [3.8, 4) is 11.5 Å². The molecular weight excluding hydrogens is 340 g/mol. The van der Waals surface area contributed by atoms with E-state index in [9.17, 15) is 4.79 Å². The van der Waals surface area contributed by atoms with Crippen LogP contribution in [-0.4, -0.2) is 18.0 Å². The van der Waals surface area contributed by atoms with Crippen molar-refractivity contribution in [3.63, 3.8) is 0 Å². The highest BCUT2D eigenvalue weighted by molar-refractivity contribution is 6.04. The Hall–Kier alpha value is -3.34. The Bertz CT molecular complexity index is 940. The largest absolute Gasteiger partial charge is 0.493 e. The molecule has 2 aromatic carbocycles. The van der Waals surface area contributed by atoms with Crippen LogP contribution < -0.4 is 14.8 Å². The summed E-state index contributed by atoms with van der Waals surface area (Å²) in [6.45, 7) is 4.39. The van der Waals surface area contributed by atoms with Crippen LogP contribution in [0.25, 0.3) is 0 Å². The second-order valence-electron chi connectivity index (χ2n) is 6.26. The summed E-state index contributed by atoms with van der Waals surface area (Å²) in [6.07, 6.45) is 3.44. The Labute approximate surface area is 159 Å². The number of nitrogens with one attached hydrogen (secondary N) is 1. The van der Waals surface area contributed by atoms with Crippen molar-refractivity contribution in [2.45, 2.75) is 20.5 Å². The lowest BCUT2D eigenvalue weighted by Gasteiger charge is -2.13. The molecule has 0 unspecified atom stereocenters. The number of carbonyl (C=O) groups excluding carboxylic acids is 1. The first-order valence-corrected chi connectivity index (χ1v) is 8.65. The Morgan fingerprint density at radius 1 is 0.963 bits per heavy atom. The first-order chi connectivity index (χ1) is 13.1. The van der Waals surface area contributed by atoms with Crippen molar-refractivity contribution >= 4 is 11.6 Å². The zero-order valence-electron chi connectivity index (χ0n) is 15.7. The SMILES string of the molecule is COc1ccc(NC(=O)c2ccc(C)c(C)c2)cc1OCc1ccncc1. The maximum Gasteiger partial charge on any atom is 0.255 e. The number of aryl methyl sites for hydroxylation is 2. The average molecular weight is 362 g/mol. The number of anilines is 1. The van der Waals surface area contributed by atoms with E-state index in [1.165, 1.54) is 0 Å². The summed E-state index contributed by atoms with van der Waals surface area (Å²) in [5.41, 5.74) is 4.50. The summed E-state index contributed by atoms with van der Waals surface area (Å²) in [7, 11) is 1.59. The zero-order chi connectivity index (χ0) is 19.2. The molecule has 0 saturated carbocycles. The highest BCUT2D eigenvalue weighted by Crippen LogP contribution is 2.31. The molecule has 1 N–H and O–H groups in total. The fourth-order valence-corrected chi connectivity index (χ4v) is 2.59. The van der Waals surface area contributed by atoms with Crippen LogP contribution in [0.1, 0.15) is 27.0 Å². The van der Waals surface area contributed by atoms with Gasteiger partial charge in [0.2, 0.25) is 0 Å². The lowest BCUT2D eigenvalue weighted by molar-refractivity contribution is 0.102.